The number of aromatic nitrogens is 1. The lowest BCUT2D eigenvalue weighted by Crippen LogP contribution is -2.38. The van der Waals surface area contributed by atoms with Crippen molar-refractivity contribution < 1.29 is 4.79 Å². The topological polar surface area (TPSA) is 45.5 Å². The van der Waals surface area contributed by atoms with Crippen molar-refractivity contribution in [3.8, 4) is 0 Å². The summed E-state index contributed by atoms with van der Waals surface area (Å²) in [6, 6.07) is 22.5. The van der Waals surface area contributed by atoms with Gasteiger partial charge in [-0.2, -0.15) is 0 Å². The number of benzene rings is 3. The number of carbonyl (C=O) groups is 1. The van der Waals surface area contributed by atoms with Crippen LogP contribution in [0.15, 0.2) is 77.6 Å². The van der Waals surface area contributed by atoms with Crippen LogP contribution in [0.2, 0.25) is 5.02 Å². The van der Waals surface area contributed by atoms with Crippen LogP contribution in [-0.4, -0.2) is 47.5 Å². The van der Waals surface area contributed by atoms with Gasteiger partial charge in [0.25, 0.3) is 0 Å². The number of nitrogens with zero attached hydrogens (tertiary/aromatic N) is 3. The second kappa shape index (κ2) is 9.55. The zero-order valence-corrected chi connectivity index (χ0v) is 19.0. The minimum Gasteiger partial charge on any atom is -0.336 e. The van der Waals surface area contributed by atoms with Gasteiger partial charge < -0.3 is 14.4 Å². The van der Waals surface area contributed by atoms with Gasteiger partial charge in [-0.15, -0.1) is 0 Å². The maximum absolute atomic E-state index is 13.6. The highest BCUT2D eigenvalue weighted by Crippen LogP contribution is 2.20. The molecule has 0 saturated carbocycles. The molecule has 0 atom stereocenters. The Morgan fingerprint density at radius 2 is 1.41 bits per heavy atom. The molecule has 0 fully saturated rings. The van der Waals surface area contributed by atoms with E-state index in [-0.39, 0.29) is 17.9 Å². The van der Waals surface area contributed by atoms with Crippen molar-refractivity contribution in [2.45, 2.75) is 13.1 Å². The molecular formula is C26H26ClN3O2. The smallest absolute Gasteiger partial charge is 0.242 e. The molecule has 0 spiro atoms. The van der Waals surface area contributed by atoms with Crippen molar-refractivity contribution in [1.82, 2.24) is 14.4 Å². The lowest BCUT2D eigenvalue weighted by atomic mass is 10.1. The highest BCUT2D eigenvalue weighted by molar-refractivity contribution is 6.30. The van der Waals surface area contributed by atoms with Gasteiger partial charge in [0.1, 0.15) is 6.54 Å². The Hall–Kier alpha value is -3.15. The summed E-state index contributed by atoms with van der Waals surface area (Å²) in [7, 11) is 3.99. The first-order chi connectivity index (χ1) is 15.4. The molecule has 4 rings (SSSR count). The van der Waals surface area contributed by atoms with E-state index in [0.29, 0.717) is 28.9 Å². The van der Waals surface area contributed by atoms with Crippen molar-refractivity contribution in [2.75, 3.05) is 27.2 Å². The molecule has 1 amide bonds. The summed E-state index contributed by atoms with van der Waals surface area (Å²) >= 11 is 6.03. The zero-order chi connectivity index (χ0) is 22.7. The van der Waals surface area contributed by atoms with Crippen LogP contribution < -0.4 is 5.43 Å². The summed E-state index contributed by atoms with van der Waals surface area (Å²) in [5, 5.41) is 1.92. The second-order valence-electron chi connectivity index (χ2n) is 8.19. The summed E-state index contributed by atoms with van der Waals surface area (Å²) < 4.78 is 1.96. The summed E-state index contributed by atoms with van der Waals surface area (Å²) in [5.74, 6) is 0.000699. The van der Waals surface area contributed by atoms with Gasteiger partial charge >= 0.3 is 0 Å². The van der Waals surface area contributed by atoms with E-state index in [4.69, 9.17) is 11.6 Å². The Labute approximate surface area is 192 Å². The van der Waals surface area contributed by atoms with E-state index in [9.17, 15) is 9.59 Å². The monoisotopic (exact) mass is 447 g/mol. The number of pyridine rings is 1. The predicted octanol–water partition coefficient (Wildman–Crippen LogP) is 4.40. The molecule has 0 radical (unpaired) electrons. The van der Waals surface area contributed by atoms with Gasteiger partial charge in [0, 0.05) is 35.4 Å². The third kappa shape index (κ3) is 4.69. The fourth-order valence-corrected chi connectivity index (χ4v) is 4.03. The Balaban J connectivity index is 1.73. The Morgan fingerprint density at radius 3 is 1.97 bits per heavy atom. The number of hydrogen-bond acceptors (Lipinski definition) is 3. The number of halogens is 1. The fourth-order valence-electron chi connectivity index (χ4n) is 3.91. The molecule has 0 N–H and O–H groups in total. The van der Waals surface area contributed by atoms with E-state index in [0.717, 1.165) is 23.1 Å². The molecule has 1 heterocycles. The van der Waals surface area contributed by atoms with Gasteiger partial charge in [-0.25, -0.2) is 0 Å². The van der Waals surface area contributed by atoms with Gasteiger partial charge in [-0.3, -0.25) is 9.59 Å². The average molecular weight is 448 g/mol. The fraction of sp³-hybridized carbons (Fsp3) is 0.231. The number of rotatable bonds is 7. The number of hydrogen-bond donors (Lipinski definition) is 0. The Morgan fingerprint density at radius 1 is 0.844 bits per heavy atom. The van der Waals surface area contributed by atoms with Crippen LogP contribution in [0.4, 0.5) is 0 Å². The first-order valence-electron chi connectivity index (χ1n) is 10.6. The van der Waals surface area contributed by atoms with Crippen LogP contribution in [0.1, 0.15) is 5.56 Å². The highest BCUT2D eigenvalue weighted by atomic mass is 35.5. The van der Waals surface area contributed by atoms with Crippen LogP contribution >= 0.6 is 11.6 Å². The first kappa shape index (κ1) is 22.1. The molecule has 3 aromatic carbocycles. The molecule has 1 aromatic heterocycles. The summed E-state index contributed by atoms with van der Waals surface area (Å²) in [4.78, 5) is 30.5. The van der Waals surface area contributed by atoms with Crippen molar-refractivity contribution in [2.24, 2.45) is 0 Å². The average Bonchev–Trinajstić information content (AvgIpc) is 2.80. The molecule has 4 aromatic rings. The minimum atomic E-state index is -0.00877. The molecule has 0 aliphatic heterocycles. The van der Waals surface area contributed by atoms with Gasteiger partial charge in [-0.05, 0) is 56.1 Å². The van der Waals surface area contributed by atoms with E-state index in [1.54, 1.807) is 0 Å². The molecule has 32 heavy (non-hydrogen) atoms. The van der Waals surface area contributed by atoms with Crippen LogP contribution in [-0.2, 0) is 17.9 Å². The van der Waals surface area contributed by atoms with E-state index >= 15 is 0 Å². The van der Waals surface area contributed by atoms with Crippen LogP contribution in [0.25, 0.3) is 21.8 Å². The minimum absolute atomic E-state index is 0.000699. The molecule has 0 saturated heterocycles. The summed E-state index contributed by atoms with van der Waals surface area (Å²) in [5.41, 5.74) is 2.55. The van der Waals surface area contributed by atoms with Crippen LogP contribution in [0.5, 0.6) is 0 Å². The number of amides is 1. The number of para-hydroxylation sites is 2. The third-order valence-electron chi connectivity index (χ3n) is 5.63. The molecular weight excluding hydrogens is 422 g/mol. The predicted molar refractivity (Wildman–Crippen MR) is 131 cm³/mol. The molecule has 164 valence electrons. The molecule has 6 heteroatoms. The van der Waals surface area contributed by atoms with E-state index in [1.807, 2.05) is 96.4 Å². The van der Waals surface area contributed by atoms with Gasteiger partial charge in [-0.1, -0.05) is 48.0 Å². The summed E-state index contributed by atoms with van der Waals surface area (Å²) in [6.45, 7) is 2.01. The lowest BCUT2D eigenvalue weighted by Gasteiger charge is -2.26. The number of likely N-dealkylation sites (N-methyl/N-ethyl adjacent to an activating group) is 1. The Bertz CT molecular complexity index is 1250. The maximum Gasteiger partial charge on any atom is 0.242 e. The van der Waals surface area contributed by atoms with Gasteiger partial charge in [0.2, 0.25) is 5.91 Å². The zero-order valence-electron chi connectivity index (χ0n) is 18.3. The quantitative estimate of drug-likeness (QED) is 0.394. The maximum atomic E-state index is 13.6. The van der Waals surface area contributed by atoms with Gasteiger partial charge in [0.05, 0.1) is 11.0 Å². The van der Waals surface area contributed by atoms with E-state index < -0.39 is 0 Å². The molecule has 0 aliphatic rings. The van der Waals surface area contributed by atoms with Crippen LogP contribution in [0.3, 0.4) is 0 Å². The molecule has 0 bridgehead atoms. The normalized spacial score (nSPS) is 11.4. The van der Waals surface area contributed by atoms with Crippen molar-refractivity contribution >= 4 is 39.3 Å². The van der Waals surface area contributed by atoms with Crippen molar-refractivity contribution in [3.05, 3.63) is 93.6 Å². The van der Waals surface area contributed by atoms with Crippen molar-refractivity contribution in [1.29, 1.82) is 0 Å². The second-order valence-corrected chi connectivity index (χ2v) is 8.63. The number of carbonyl (C=O) groups excluding carboxylic acids is 1. The largest absolute Gasteiger partial charge is 0.336 e. The molecule has 0 aliphatic carbocycles. The third-order valence-corrected chi connectivity index (χ3v) is 5.88. The Kier molecular flexibility index (Phi) is 6.58. The van der Waals surface area contributed by atoms with Crippen LogP contribution in [0, 0.1) is 0 Å². The number of fused-ring (bicyclic) bond motifs is 2. The lowest BCUT2D eigenvalue weighted by molar-refractivity contribution is -0.132. The summed E-state index contributed by atoms with van der Waals surface area (Å²) in [6.07, 6.45) is 0. The van der Waals surface area contributed by atoms with Gasteiger partial charge in [0.15, 0.2) is 5.43 Å². The van der Waals surface area contributed by atoms with E-state index in [1.165, 1.54) is 0 Å². The molecule has 5 nitrogen and oxygen atoms in total. The van der Waals surface area contributed by atoms with E-state index in [2.05, 4.69) is 4.90 Å². The standard InChI is InChI=1S/C26H26ClN3O2/c1-28(2)15-16-29(17-19-11-13-20(27)14-12-19)25(31)18-30-23-9-5-3-7-21(23)26(32)22-8-4-6-10-24(22)30/h3-14H,15-18H2,1-2H3. The highest BCUT2D eigenvalue weighted by Gasteiger charge is 2.18. The molecule has 0 unspecified atom stereocenters. The van der Waals surface area contributed by atoms with Crippen molar-refractivity contribution in [3.63, 3.8) is 0 Å². The first-order valence-corrected chi connectivity index (χ1v) is 11.0. The SMILES string of the molecule is CN(C)CCN(Cc1ccc(Cl)cc1)C(=O)Cn1c2ccccc2c(=O)c2ccccc21.